The minimum absolute atomic E-state index is 0.0978. The van der Waals surface area contributed by atoms with Crippen molar-refractivity contribution < 1.29 is 22.0 Å². The van der Waals surface area contributed by atoms with Gasteiger partial charge in [0.1, 0.15) is 5.69 Å². The number of benzene rings is 3. The molecule has 0 aliphatic carbocycles. The van der Waals surface area contributed by atoms with Gasteiger partial charge in [-0.15, -0.1) is 0 Å². The predicted octanol–water partition coefficient (Wildman–Crippen LogP) is 5.24. The van der Waals surface area contributed by atoms with Crippen LogP contribution in [0, 0.1) is 11.6 Å². The number of anilines is 4. The third-order valence-corrected chi connectivity index (χ3v) is 7.55. The van der Waals surface area contributed by atoms with E-state index in [1.165, 1.54) is 12.1 Å². The molecule has 0 spiro atoms. The molecule has 1 amide bonds. The van der Waals surface area contributed by atoms with Crippen LogP contribution in [0.25, 0.3) is 0 Å². The van der Waals surface area contributed by atoms with E-state index in [0.29, 0.717) is 38.0 Å². The molecule has 3 aromatic carbocycles. The lowest BCUT2D eigenvalue weighted by Gasteiger charge is -2.27. The van der Waals surface area contributed by atoms with Crippen LogP contribution < -0.4 is 14.5 Å². The Morgan fingerprint density at radius 2 is 1.62 bits per heavy atom. The van der Waals surface area contributed by atoms with Crippen LogP contribution in [0.3, 0.4) is 0 Å². The van der Waals surface area contributed by atoms with Gasteiger partial charge in [0.2, 0.25) is 5.91 Å². The zero-order valence-electron chi connectivity index (χ0n) is 17.9. The normalized spacial score (nSPS) is 15.7. The summed E-state index contributed by atoms with van der Waals surface area (Å²) in [5.41, 5.74) is 2.09. The summed E-state index contributed by atoms with van der Waals surface area (Å²) >= 11 is 5.65. The van der Waals surface area contributed by atoms with Gasteiger partial charge in [0.15, 0.2) is 11.6 Å². The monoisotopic (exact) mass is 503 g/mol. The molecule has 2 heterocycles. The highest BCUT2D eigenvalue weighted by molar-refractivity contribution is 7.92. The Hall–Kier alpha value is -3.17. The first-order chi connectivity index (χ1) is 16.2. The summed E-state index contributed by atoms with van der Waals surface area (Å²) in [6.45, 7) is 1.07. The maximum absolute atomic E-state index is 14.3. The van der Waals surface area contributed by atoms with Gasteiger partial charge in [-0.1, -0.05) is 29.8 Å². The van der Waals surface area contributed by atoms with Crippen molar-refractivity contribution >= 4 is 50.3 Å². The Morgan fingerprint density at radius 1 is 0.912 bits per heavy atom. The third kappa shape index (κ3) is 3.99. The number of carbonyl (C=O) groups excluding carboxylic acids is 1. The van der Waals surface area contributed by atoms with Gasteiger partial charge in [-0.3, -0.25) is 9.52 Å². The number of hydrogen-bond acceptors (Lipinski definition) is 4. The molecule has 6 nitrogen and oxygen atoms in total. The Kier molecular flexibility index (Phi) is 5.69. The number of nitrogens with zero attached hydrogens (tertiary/aromatic N) is 2. The summed E-state index contributed by atoms with van der Waals surface area (Å²) < 4.78 is 57.0. The minimum Gasteiger partial charge on any atom is -0.339 e. The van der Waals surface area contributed by atoms with Crippen LogP contribution in [0.15, 0.2) is 59.5 Å². The van der Waals surface area contributed by atoms with Crippen molar-refractivity contribution in [2.24, 2.45) is 0 Å². The molecule has 2 aliphatic rings. The third-order valence-electron chi connectivity index (χ3n) is 6.00. The number of amides is 1. The Bertz CT molecular complexity index is 1380. The first-order valence-corrected chi connectivity index (χ1v) is 12.6. The molecule has 176 valence electrons. The van der Waals surface area contributed by atoms with Crippen LogP contribution in [-0.2, 0) is 21.2 Å². The molecule has 34 heavy (non-hydrogen) atoms. The van der Waals surface area contributed by atoms with Gasteiger partial charge in [-0.25, -0.2) is 17.2 Å². The van der Waals surface area contributed by atoms with Crippen molar-refractivity contribution in [3.63, 3.8) is 0 Å². The average Bonchev–Trinajstić information content (AvgIpc) is 3.42. The Morgan fingerprint density at radius 3 is 2.26 bits per heavy atom. The maximum atomic E-state index is 14.3. The van der Waals surface area contributed by atoms with E-state index in [4.69, 9.17) is 11.6 Å². The van der Waals surface area contributed by atoms with Gasteiger partial charge in [-0.05, 0) is 54.8 Å². The van der Waals surface area contributed by atoms with Gasteiger partial charge in [0.25, 0.3) is 10.0 Å². The van der Waals surface area contributed by atoms with E-state index in [-0.39, 0.29) is 15.8 Å². The molecule has 10 heteroatoms. The molecular formula is C24H20ClF2N3O3S. The van der Waals surface area contributed by atoms with E-state index in [2.05, 4.69) is 4.90 Å². The number of halogens is 3. The highest BCUT2D eigenvalue weighted by Gasteiger charge is 2.33. The van der Waals surface area contributed by atoms with Crippen LogP contribution in [-0.4, -0.2) is 27.4 Å². The van der Waals surface area contributed by atoms with E-state index < -0.39 is 27.3 Å². The zero-order valence-corrected chi connectivity index (χ0v) is 19.5. The summed E-state index contributed by atoms with van der Waals surface area (Å²) in [6.07, 6.45) is 1.58. The van der Waals surface area contributed by atoms with Crippen molar-refractivity contribution in [2.75, 3.05) is 27.6 Å². The van der Waals surface area contributed by atoms with Gasteiger partial charge >= 0.3 is 0 Å². The number of carbonyl (C=O) groups is 1. The fourth-order valence-corrected chi connectivity index (χ4v) is 5.80. The number of para-hydroxylation sites is 1. The Labute approximate surface area is 200 Å². The first-order valence-electron chi connectivity index (χ1n) is 10.7. The summed E-state index contributed by atoms with van der Waals surface area (Å²) in [4.78, 5) is 16.1. The molecule has 1 saturated heterocycles. The van der Waals surface area contributed by atoms with Crippen LogP contribution >= 0.6 is 11.6 Å². The lowest BCUT2D eigenvalue weighted by molar-refractivity contribution is -0.117. The maximum Gasteiger partial charge on any atom is 0.262 e. The summed E-state index contributed by atoms with van der Waals surface area (Å²) in [5.74, 6) is -2.35. The van der Waals surface area contributed by atoms with Crippen LogP contribution in [0.1, 0.15) is 18.4 Å². The molecule has 1 fully saturated rings. The molecule has 0 aromatic heterocycles. The standard InChI is InChI=1S/C24H20ClF2N3O3S/c25-16-12-19(26)23(20(27)13-16)28-34(32,33)18-11-15-8-10-29(17-5-2-1-3-6-17)24(15)21(14-18)30-9-4-7-22(30)31/h1-3,5-6,11-14,28H,4,7-10H2. The molecule has 0 saturated carbocycles. The van der Waals surface area contributed by atoms with E-state index in [0.717, 1.165) is 29.1 Å². The lowest BCUT2D eigenvalue weighted by atomic mass is 10.1. The zero-order chi connectivity index (χ0) is 24.0. The molecule has 2 aliphatic heterocycles. The average molecular weight is 504 g/mol. The first kappa shape index (κ1) is 22.6. The highest BCUT2D eigenvalue weighted by Crippen LogP contribution is 2.45. The van der Waals surface area contributed by atoms with Crippen molar-refractivity contribution in [3.05, 3.63) is 76.8 Å². The van der Waals surface area contributed by atoms with Gasteiger partial charge in [0, 0.05) is 30.2 Å². The van der Waals surface area contributed by atoms with E-state index in [1.54, 1.807) is 4.90 Å². The second-order valence-corrected chi connectivity index (χ2v) is 10.3. The van der Waals surface area contributed by atoms with Gasteiger partial charge in [0.05, 0.1) is 16.3 Å². The molecule has 0 atom stereocenters. The van der Waals surface area contributed by atoms with Crippen molar-refractivity contribution in [1.29, 1.82) is 0 Å². The molecule has 1 N–H and O–H groups in total. The second kappa shape index (κ2) is 8.56. The van der Waals surface area contributed by atoms with E-state index >= 15 is 0 Å². The second-order valence-electron chi connectivity index (χ2n) is 8.19. The van der Waals surface area contributed by atoms with Crippen molar-refractivity contribution in [3.8, 4) is 0 Å². The van der Waals surface area contributed by atoms with Gasteiger partial charge < -0.3 is 9.80 Å². The molecule has 0 unspecified atom stereocenters. The van der Waals surface area contributed by atoms with Crippen LogP contribution in [0.2, 0.25) is 5.02 Å². The van der Waals surface area contributed by atoms with E-state index in [1.807, 2.05) is 35.1 Å². The minimum atomic E-state index is -4.37. The molecule has 5 rings (SSSR count). The highest BCUT2D eigenvalue weighted by atomic mass is 35.5. The number of nitrogens with one attached hydrogen (secondary N) is 1. The largest absolute Gasteiger partial charge is 0.339 e. The van der Waals surface area contributed by atoms with Crippen molar-refractivity contribution in [1.82, 2.24) is 0 Å². The van der Waals surface area contributed by atoms with Gasteiger partial charge in [-0.2, -0.15) is 0 Å². The predicted molar refractivity (Wildman–Crippen MR) is 127 cm³/mol. The fraction of sp³-hybridized carbons (Fsp3) is 0.208. The molecule has 0 radical (unpaired) electrons. The molecular weight excluding hydrogens is 484 g/mol. The number of rotatable bonds is 5. The number of hydrogen-bond donors (Lipinski definition) is 1. The van der Waals surface area contributed by atoms with E-state index in [9.17, 15) is 22.0 Å². The van der Waals surface area contributed by atoms with Crippen molar-refractivity contribution in [2.45, 2.75) is 24.2 Å². The number of sulfonamides is 1. The van der Waals surface area contributed by atoms with Crippen LogP contribution in [0.5, 0.6) is 0 Å². The summed E-state index contributed by atoms with van der Waals surface area (Å²) in [5, 5.41) is -0.189. The number of fused-ring (bicyclic) bond motifs is 1. The smallest absolute Gasteiger partial charge is 0.262 e. The lowest BCUT2D eigenvalue weighted by Crippen LogP contribution is -2.27. The molecule has 3 aromatic rings. The molecule has 0 bridgehead atoms. The SMILES string of the molecule is O=C1CCCN1c1cc(S(=O)(=O)Nc2c(F)cc(Cl)cc2F)cc2c1N(c1ccccc1)CC2. The topological polar surface area (TPSA) is 69.7 Å². The quantitative estimate of drug-likeness (QED) is 0.517. The fourth-order valence-electron chi connectivity index (χ4n) is 4.46. The summed E-state index contributed by atoms with van der Waals surface area (Å²) in [7, 11) is -4.37. The Balaban J connectivity index is 1.62. The van der Waals surface area contributed by atoms with Crippen LogP contribution in [0.4, 0.5) is 31.5 Å². The summed E-state index contributed by atoms with van der Waals surface area (Å²) in [6, 6.07) is 14.2.